The maximum absolute atomic E-state index is 12.3. The molecule has 0 heterocycles. The van der Waals surface area contributed by atoms with Gasteiger partial charge in [0.1, 0.15) is 0 Å². The quantitative estimate of drug-likeness (QED) is 0.822. The van der Waals surface area contributed by atoms with Crippen LogP contribution in [0.5, 0.6) is 0 Å². The molecule has 1 fully saturated rings. The van der Waals surface area contributed by atoms with Crippen LogP contribution in [0.15, 0.2) is 18.2 Å². The highest BCUT2D eigenvalue weighted by Crippen LogP contribution is 2.28. The molecule has 2 rings (SSSR count). The van der Waals surface area contributed by atoms with Gasteiger partial charge in [-0.05, 0) is 55.6 Å². The minimum atomic E-state index is -0.0641. The lowest BCUT2D eigenvalue weighted by Crippen LogP contribution is -2.40. The second kappa shape index (κ2) is 6.97. The summed E-state index contributed by atoms with van der Waals surface area (Å²) in [6.45, 7) is 8.64. The zero-order chi connectivity index (χ0) is 15.4. The molecule has 3 heteroatoms. The summed E-state index contributed by atoms with van der Waals surface area (Å²) in [4.78, 5) is 12.3. The monoisotopic (exact) mass is 288 g/mol. The molecule has 0 atom stereocenters. The number of para-hydroxylation sites is 1. The Labute approximate surface area is 128 Å². The Hall–Kier alpha value is -1.51. The normalized spacial score (nSPS) is 22.1. The molecule has 1 saturated carbocycles. The van der Waals surface area contributed by atoms with Gasteiger partial charge < -0.3 is 10.6 Å². The summed E-state index contributed by atoms with van der Waals surface area (Å²) < 4.78 is 0. The van der Waals surface area contributed by atoms with Gasteiger partial charge in [0.2, 0.25) is 0 Å². The predicted octanol–water partition coefficient (Wildman–Crippen LogP) is 4.82. The number of benzene rings is 1. The Bertz CT molecular complexity index is 488. The lowest BCUT2D eigenvalue weighted by molar-refractivity contribution is 0.239. The van der Waals surface area contributed by atoms with Crippen molar-refractivity contribution in [3.63, 3.8) is 0 Å². The van der Waals surface area contributed by atoms with Crippen LogP contribution in [0.25, 0.3) is 0 Å². The molecule has 2 N–H and O–H groups in total. The molecule has 0 bridgehead atoms. The van der Waals surface area contributed by atoms with Gasteiger partial charge in [-0.2, -0.15) is 0 Å². The minimum Gasteiger partial charge on any atom is -0.335 e. The summed E-state index contributed by atoms with van der Waals surface area (Å²) >= 11 is 0. The van der Waals surface area contributed by atoms with Crippen molar-refractivity contribution in [2.24, 2.45) is 5.92 Å². The van der Waals surface area contributed by atoms with E-state index in [-0.39, 0.29) is 6.03 Å². The van der Waals surface area contributed by atoms with Crippen LogP contribution in [-0.4, -0.2) is 12.1 Å². The summed E-state index contributed by atoms with van der Waals surface area (Å²) in [5.41, 5.74) is 3.28. The molecule has 0 unspecified atom stereocenters. The van der Waals surface area contributed by atoms with Crippen LogP contribution in [0.2, 0.25) is 0 Å². The van der Waals surface area contributed by atoms with E-state index in [9.17, 15) is 4.79 Å². The predicted molar refractivity (Wildman–Crippen MR) is 88.8 cm³/mol. The molecule has 2 amide bonds. The number of carbonyl (C=O) groups excluding carboxylic acids is 1. The van der Waals surface area contributed by atoms with Crippen molar-refractivity contribution in [2.45, 2.75) is 65.3 Å². The Kier molecular flexibility index (Phi) is 5.27. The Balaban J connectivity index is 2.00. The van der Waals surface area contributed by atoms with Crippen LogP contribution in [0.1, 0.15) is 63.5 Å². The van der Waals surface area contributed by atoms with E-state index in [2.05, 4.69) is 43.5 Å². The van der Waals surface area contributed by atoms with Crippen molar-refractivity contribution in [3.8, 4) is 0 Å². The van der Waals surface area contributed by atoms with E-state index in [4.69, 9.17) is 0 Å². The van der Waals surface area contributed by atoms with Crippen molar-refractivity contribution >= 4 is 11.7 Å². The summed E-state index contributed by atoms with van der Waals surface area (Å²) in [5.74, 6) is 1.20. The second-order valence-corrected chi connectivity index (χ2v) is 6.75. The van der Waals surface area contributed by atoms with E-state index in [0.717, 1.165) is 30.0 Å². The van der Waals surface area contributed by atoms with Crippen molar-refractivity contribution in [1.29, 1.82) is 0 Å². The van der Waals surface area contributed by atoms with Gasteiger partial charge >= 0.3 is 6.03 Å². The van der Waals surface area contributed by atoms with Crippen LogP contribution in [0.3, 0.4) is 0 Å². The fourth-order valence-corrected chi connectivity index (χ4v) is 3.08. The lowest BCUT2D eigenvalue weighted by atomic mass is 9.87. The minimum absolute atomic E-state index is 0.0641. The molecule has 0 aromatic heterocycles. The van der Waals surface area contributed by atoms with Crippen LogP contribution in [0, 0.1) is 12.8 Å². The third kappa shape index (κ3) is 4.23. The van der Waals surface area contributed by atoms with Crippen molar-refractivity contribution in [3.05, 3.63) is 29.3 Å². The molecule has 21 heavy (non-hydrogen) atoms. The summed E-state index contributed by atoms with van der Waals surface area (Å²) in [7, 11) is 0. The van der Waals surface area contributed by atoms with Crippen molar-refractivity contribution < 1.29 is 4.79 Å². The third-order valence-electron chi connectivity index (χ3n) is 4.52. The molecular formula is C18H28N2O. The first-order chi connectivity index (χ1) is 9.97. The lowest BCUT2D eigenvalue weighted by Gasteiger charge is -2.27. The summed E-state index contributed by atoms with van der Waals surface area (Å²) in [6, 6.07) is 6.45. The van der Waals surface area contributed by atoms with E-state index in [0.29, 0.717) is 12.0 Å². The number of anilines is 1. The Morgan fingerprint density at radius 2 is 1.86 bits per heavy atom. The van der Waals surface area contributed by atoms with Gasteiger partial charge in [0, 0.05) is 11.7 Å². The van der Waals surface area contributed by atoms with E-state index in [1.807, 2.05) is 13.0 Å². The molecule has 3 nitrogen and oxygen atoms in total. The second-order valence-electron chi connectivity index (χ2n) is 6.75. The van der Waals surface area contributed by atoms with Crippen LogP contribution in [0.4, 0.5) is 10.5 Å². The maximum Gasteiger partial charge on any atom is 0.319 e. The van der Waals surface area contributed by atoms with E-state index in [1.165, 1.54) is 18.4 Å². The number of urea groups is 1. The highest BCUT2D eigenvalue weighted by Gasteiger charge is 2.20. The number of aryl methyl sites for hydroxylation is 1. The van der Waals surface area contributed by atoms with Crippen LogP contribution < -0.4 is 10.6 Å². The van der Waals surface area contributed by atoms with Gasteiger partial charge in [-0.1, -0.05) is 39.0 Å². The van der Waals surface area contributed by atoms with Crippen LogP contribution >= 0.6 is 0 Å². The molecular weight excluding hydrogens is 260 g/mol. The molecule has 1 aromatic rings. The average molecular weight is 288 g/mol. The molecule has 0 spiro atoms. The Morgan fingerprint density at radius 1 is 1.19 bits per heavy atom. The smallest absolute Gasteiger partial charge is 0.319 e. The number of hydrogen-bond donors (Lipinski definition) is 2. The van der Waals surface area contributed by atoms with Gasteiger partial charge in [-0.25, -0.2) is 4.79 Å². The van der Waals surface area contributed by atoms with E-state index in [1.54, 1.807) is 0 Å². The zero-order valence-corrected chi connectivity index (χ0v) is 13.7. The van der Waals surface area contributed by atoms with Gasteiger partial charge in [0.25, 0.3) is 0 Å². The number of rotatable bonds is 3. The average Bonchev–Trinajstić information content (AvgIpc) is 2.43. The van der Waals surface area contributed by atoms with Gasteiger partial charge in [-0.3, -0.25) is 0 Å². The van der Waals surface area contributed by atoms with Crippen molar-refractivity contribution in [1.82, 2.24) is 5.32 Å². The molecule has 1 aliphatic carbocycles. The molecule has 1 aromatic carbocycles. The molecule has 0 aliphatic heterocycles. The molecule has 0 saturated heterocycles. The fourth-order valence-electron chi connectivity index (χ4n) is 3.08. The molecule has 116 valence electrons. The van der Waals surface area contributed by atoms with Crippen LogP contribution in [-0.2, 0) is 0 Å². The number of amides is 2. The number of hydrogen-bond acceptors (Lipinski definition) is 1. The number of carbonyl (C=O) groups is 1. The first-order valence-corrected chi connectivity index (χ1v) is 8.14. The zero-order valence-electron chi connectivity index (χ0n) is 13.7. The standard InChI is InChI=1S/C18H28N2O/c1-12(2)16-7-5-6-14(4)17(16)20-18(21)19-15-10-8-13(3)9-11-15/h5-7,12-13,15H,8-11H2,1-4H3,(H2,19,20,21). The topological polar surface area (TPSA) is 41.1 Å². The van der Waals surface area contributed by atoms with E-state index < -0.39 is 0 Å². The first kappa shape index (κ1) is 15.9. The van der Waals surface area contributed by atoms with Gasteiger partial charge in [0.05, 0.1) is 0 Å². The fraction of sp³-hybridized carbons (Fsp3) is 0.611. The maximum atomic E-state index is 12.3. The SMILES string of the molecule is Cc1cccc(C(C)C)c1NC(=O)NC1CCC(C)CC1. The largest absolute Gasteiger partial charge is 0.335 e. The Morgan fingerprint density at radius 3 is 2.48 bits per heavy atom. The highest BCUT2D eigenvalue weighted by atomic mass is 16.2. The highest BCUT2D eigenvalue weighted by molar-refractivity contribution is 5.91. The molecule has 0 radical (unpaired) electrons. The third-order valence-corrected chi connectivity index (χ3v) is 4.52. The van der Waals surface area contributed by atoms with Gasteiger partial charge in [-0.15, -0.1) is 0 Å². The summed E-state index contributed by atoms with van der Waals surface area (Å²) in [5, 5.41) is 6.20. The number of nitrogens with one attached hydrogen (secondary N) is 2. The molecule has 1 aliphatic rings. The van der Waals surface area contributed by atoms with E-state index >= 15 is 0 Å². The first-order valence-electron chi connectivity index (χ1n) is 8.14. The summed E-state index contributed by atoms with van der Waals surface area (Å²) in [6.07, 6.45) is 4.62. The van der Waals surface area contributed by atoms with Crippen molar-refractivity contribution in [2.75, 3.05) is 5.32 Å². The van der Waals surface area contributed by atoms with Gasteiger partial charge in [0.15, 0.2) is 0 Å².